The highest BCUT2D eigenvalue weighted by Gasteiger charge is 2.50. The van der Waals surface area contributed by atoms with Gasteiger partial charge < -0.3 is 10.4 Å². The molecule has 1 saturated heterocycles. The Labute approximate surface area is 151 Å². The predicted molar refractivity (Wildman–Crippen MR) is 103 cm³/mol. The largest absolute Gasteiger partial charge is 0.389 e. The number of quaternary nitrogens is 1. The van der Waals surface area contributed by atoms with Crippen LogP contribution in [0.2, 0.25) is 0 Å². The Kier molecular flexibility index (Phi) is 5.41. The molecule has 2 aromatic rings. The highest BCUT2D eigenvalue weighted by molar-refractivity contribution is 5.23. The molecule has 1 fully saturated rings. The van der Waals surface area contributed by atoms with E-state index < -0.39 is 5.60 Å². The van der Waals surface area contributed by atoms with Crippen LogP contribution >= 0.6 is 0 Å². The van der Waals surface area contributed by atoms with Crippen molar-refractivity contribution in [1.29, 1.82) is 0 Å². The van der Waals surface area contributed by atoms with Crippen LogP contribution in [-0.4, -0.2) is 10.7 Å². The summed E-state index contributed by atoms with van der Waals surface area (Å²) in [7, 11) is 0. The van der Waals surface area contributed by atoms with Gasteiger partial charge in [0.15, 0.2) is 0 Å². The minimum absolute atomic E-state index is 0.214. The lowest BCUT2D eigenvalue weighted by molar-refractivity contribution is -0.757. The summed E-state index contributed by atoms with van der Waals surface area (Å²) in [5.41, 5.74) is 2.94. The molecular weight excluding hydrogens is 306 g/mol. The van der Waals surface area contributed by atoms with Crippen molar-refractivity contribution in [2.45, 2.75) is 50.8 Å². The van der Waals surface area contributed by atoms with Crippen molar-refractivity contribution in [3.63, 3.8) is 0 Å². The van der Waals surface area contributed by atoms with Crippen LogP contribution in [0.1, 0.15) is 56.3 Å². The average molecular weight is 336 g/mol. The molecule has 0 unspecified atom stereocenters. The molecule has 0 saturated carbocycles. The van der Waals surface area contributed by atoms with Crippen molar-refractivity contribution >= 4 is 0 Å². The highest BCUT2D eigenvalue weighted by Crippen LogP contribution is 2.43. The third-order valence-corrected chi connectivity index (χ3v) is 5.60. The Morgan fingerprint density at radius 1 is 1.08 bits per heavy atom. The second kappa shape index (κ2) is 7.55. The van der Waals surface area contributed by atoms with Crippen LogP contribution < -0.4 is 5.32 Å². The predicted octanol–water partition coefficient (Wildman–Crippen LogP) is 4.16. The Morgan fingerprint density at radius 2 is 1.64 bits per heavy atom. The van der Waals surface area contributed by atoms with E-state index in [-0.39, 0.29) is 18.0 Å². The fourth-order valence-electron chi connectivity index (χ4n) is 4.63. The van der Waals surface area contributed by atoms with E-state index >= 15 is 0 Å². The van der Waals surface area contributed by atoms with Crippen LogP contribution in [0.4, 0.5) is 0 Å². The molecule has 0 radical (unpaired) electrons. The van der Waals surface area contributed by atoms with Gasteiger partial charge in [0.25, 0.3) is 0 Å². The van der Waals surface area contributed by atoms with E-state index in [2.05, 4.69) is 79.5 Å². The molecule has 132 valence electrons. The first kappa shape index (κ1) is 17.9. The Balaban J connectivity index is 2.01. The molecule has 25 heavy (non-hydrogen) atoms. The van der Waals surface area contributed by atoms with Gasteiger partial charge in [0.2, 0.25) is 0 Å². The summed E-state index contributed by atoms with van der Waals surface area (Å²) in [6, 6.07) is 21.7. The average Bonchev–Trinajstić information content (AvgIpc) is 2.61. The van der Waals surface area contributed by atoms with E-state index in [4.69, 9.17) is 0 Å². The molecule has 1 aliphatic heterocycles. The van der Waals surface area contributed by atoms with Gasteiger partial charge in [-0.3, -0.25) is 0 Å². The van der Waals surface area contributed by atoms with E-state index in [1.165, 1.54) is 11.1 Å². The van der Waals surface area contributed by atoms with Crippen LogP contribution in [-0.2, 0) is 0 Å². The quantitative estimate of drug-likeness (QED) is 0.790. The smallest absolute Gasteiger partial charge is 0.118 e. The standard InChI is InChI=1S/C23H29NO/c1-4-20-22(19-13-9-6-10-14-19)24-21(18-11-7-5-8-12-18)16-23(20,25)15-17(2)3/h5-14,20-22,24-25H,2,4,15-16H2,1,3H3/p+1/t20-,21-,22+,23+/m0/s1. The summed E-state index contributed by atoms with van der Waals surface area (Å²) in [6.45, 7) is 8.31. The first-order valence-electron chi connectivity index (χ1n) is 9.35. The van der Waals surface area contributed by atoms with Crippen molar-refractivity contribution in [2.75, 3.05) is 0 Å². The van der Waals surface area contributed by atoms with Crippen molar-refractivity contribution in [3.05, 3.63) is 83.9 Å². The first-order chi connectivity index (χ1) is 12.0. The van der Waals surface area contributed by atoms with E-state index in [1.807, 2.05) is 6.92 Å². The van der Waals surface area contributed by atoms with Crippen molar-refractivity contribution in [3.8, 4) is 0 Å². The van der Waals surface area contributed by atoms with Crippen LogP contribution in [0.15, 0.2) is 72.8 Å². The van der Waals surface area contributed by atoms with Crippen LogP contribution in [0.25, 0.3) is 0 Å². The maximum atomic E-state index is 11.7. The molecule has 4 atom stereocenters. The molecule has 0 bridgehead atoms. The molecule has 1 aliphatic rings. The summed E-state index contributed by atoms with van der Waals surface area (Å²) >= 11 is 0. The van der Waals surface area contributed by atoms with Crippen LogP contribution in [0.3, 0.4) is 0 Å². The minimum Gasteiger partial charge on any atom is -0.389 e. The lowest BCUT2D eigenvalue weighted by atomic mass is 9.67. The monoisotopic (exact) mass is 336 g/mol. The van der Waals surface area contributed by atoms with Gasteiger partial charge in [0.05, 0.1) is 5.60 Å². The Hall–Kier alpha value is -1.90. The zero-order chi connectivity index (χ0) is 17.9. The zero-order valence-electron chi connectivity index (χ0n) is 15.4. The van der Waals surface area contributed by atoms with E-state index in [0.717, 1.165) is 18.4 Å². The zero-order valence-corrected chi connectivity index (χ0v) is 15.4. The van der Waals surface area contributed by atoms with Gasteiger partial charge in [-0.25, -0.2) is 0 Å². The second-order valence-electron chi connectivity index (χ2n) is 7.60. The van der Waals surface area contributed by atoms with Crippen molar-refractivity contribution in [2.24, 2.45) is 5.92 Å². The maximum absolute atomic E-state index is 11.7. The van der Waals surface area contributed by atoms with Gasteiger partial charge in [-0.05, 0) is 19.8 Å². The number of benzene rings is 2. The Morgan fingerprint density at radius 3 is 2.16 bits per heavy atom. The fourth-order valence-corrected chi connectivity index (χ4v) is 4.63. The summed E-state index contributed by atoms with van der Waals surface area (Å²) in [5.74, 6) is 0.214. The molecule has 0 amide bonds. The molecule has 2 nitrogen and oxygen atoms in total. The summed E-state index contributed by atoms with van der Waals surface area (Å²) in [5, 5.41) is 14.1. The number of aliphatic hydroxyl groups is 1. The molecule has 0 spiro atoms. The van der Waals surface area contributed by atoms with Crippen LogP contribution in [0, 0.1) is 5.92 Å². The molecule has 3 N–H and O–H groups in total. The maximum Gasteiger partial charge on any atom is 0.118 e. The summed E-state index contributed by atoms with van der Waals surface area (Å²) in [4.78, 5) is 0. The van der Waals surface area contributed by atoms with Gasteiger partial charge in [-0.1, -0.05) is 73.2 Å². The van der Waals surface area contributed by atoms with Gasteiger partial charge in [0, 0.05) is 23.5 Å². The van der Waals surface area contributed by atoms with E-state index in [0.29, 0.717) is 6.42 Å². The molecule has 3 rings (SSSR count). The third kappa shape index (κ3) is 3.86. The molecule has 0 aromatic heterocycles. The molecule has 1 heterocycles. The topological polar surface area (TPSA) is 36.8 Å². The van der Waals surface area contributed by atoms with Gasteiger partial charge in [0.1, 0.15) is 12.1 Å². The minimum atomic E-state index is -0.712. The van der Waals surface area contributed by atoms with Gasteiger partial charge in [-0.2, -0.15) is 0 Å². The fraction of sp³-hybridized carbons (Fsp3) is 0.391. The summed E-state index contributed by atoms with van der Waals surface area (Å²) in [6.07, 6.45) is 2.40. The first-order valence-corrected chi connectivity index (χ1v) is 9.35. The lowest BCUT2D eigenvalue weighted by Crippen LogP contribution is -2.91. The Bertz CT molecular complexity index is 697. The normalized spacial score (nSPS) is 29.3. The van der Waals surface area contributed by atoms with Crippen molar-refractivity contribution in [1.82, 2.24) is 0 Å². The molecular formula is C23H30NO+. The van der Waals surface area contributed by atoms with Crippen LogP contribution in [0.5, 0.6) is 0 Å². The number of rotatable bonds is 5. The molecule has 0 aliphatic carbocycles. The van der Waals surface area contributed by atoms with Gasteiger partial charge >= 0.3 is 0 Å². The highest BCUT2D eigenvalue weighted by atomic mass is 16.3. The summed E-state index contributed by atoms with van der Waals surface area (Å²) < 4.78 is 0. The molecule has 2 heteroatoms. The van der Waals surface area contributed by atoms with E-state index in [9.17, 15) is 5.11 Å². The second-order valence-corrected chi connectivity index (χ2v) is 7.60. The van der Waals surface area contributed by atoms with Gasteiger partial charge in [-0.15, -0.1) is 6.58 Å². The number of hydrogen-bond donors (Lipinski definition) is 2. The number of piperidine rings is 1. The lowest BCUT2D eigenvalue weighted by Gasteiger charge is -2.46. The SMILES string of the molecule is C=C(C)C[C@@]1(O)C[C@@H](c2ccccc2)[NH2+][C@H](c2ccccc2)[C@@H]1CC. The van der Waals surface area contributed by atoms with Crippen molar-refractivity contribution < 1.29 is 10.4 Å². The third-order valence-electron chi connectivity index (χ3n) is 5.60. The number of hydrogen-bond acceptors (Lipinski definition) is 1. The molecule has 2 aromatic carbocycles. The number of nitrogens with two attached hydrogens (primary N) is 1. The van der Waals surface area contributed by atoms with E-state index in [1.54, 1.807) is 0 Å².